The van der Waals surface area contributed by atoms with Gasteiger partial charge in [0.1, 0.15) is 6.10 Å². The zero-order valence-corrected chi connectivity index (χ0v) is 7.33. The topological polar surface area (TPSA) is 46.5 Å². The van der Waals surface area contributed by atoms with Crippen molar-refractivity contribution >= 4 is 17.6 Å². The summed E-state index contributed by atoms with van der Waals surface area (Å²) in [4.78, 5) is 10.9. The van der Waals surface area contributed by atoms with Crippen LogP contribution in [0, 0.1) is 11.8 Å². The van der Waals surface area contributed by atoms with Gasteiger partial charge in [-0.25, -0.2) is 0 Å². The van der Waals surface area contributed by atoms with Crippen LogP contribution in [0.15, 0.2) is 0 Å². The molecule has 4 heteroatoms. The zero-order chi connectivity index (χ0) is 8.72. The van der Waals surface area contributed by atoms with Crippen molar-refractivity contribution in [1.29, 1.82) is 0 Å². The number of rotatable bonds is 1. The van der Waals surface area contributed by atoms with E-state index in [9.17, 15) is 9.90 Å². The van der Waals surface area contributed by atoms with Gasteiger partial charge in [0, 0.05) is 24.1 Å². The molecule has 4 unspecified atom stereocenters. The summed E-state index contributed by atoms with van der Waals surface area (Å²) in [5.41, 5.74) is 0. The van der Waals surface area contributed by atoms with Crippen LogP contribution in [0.1, 0.15) is 12.8 Å². The van der Waals surface area contributed by atoms with E-state index in [0.717, 1.165) is 0 Å². The third kappa shape index (κ3) is 1.12. The molecule has 1 aliphatic heterocycles. The summed E-state index contributed by atoms with van der Waals surface area (Å²) < 4.78 is 5.03. The minimum absolute atomic E-state index is 0.0446. The normalized spacial score (nSPS) is 46.0. The Labute approximate surface area is 75.7 Å². The van der Waals surface area contributed by atoms with Gasteiger partial charge in [0.2, 0.25) is 0 Å². The summed E-state index contributed by atoms with van der Waals surface area (Å²) in [6.07, 6.45) is 0.536. The monoisotopic (exact) mass is 190 g/mol. The number of hydrogen-bond donors (Lipinski definition) is 1. The highest BCUT2D eigenvalue weighted by molar-refractivity contribution is 6.18. The highest BCUT2D eigenvalue weighted by Crippen LogP contribution is 2.41. The first kappa shape index (κ1) is 8.32. The first-order valence-corrected chi connectivity index (χ1v) is 4.69. The lowest BCUT2D eigenvalue weighted by molar-refractivity contribution is -0.141. The molecule has 0 spiro atoms. The molecule has 1 heterocycles. The second kappa shape index (κ2) is 2.89. The maximum absolute atomic E-state index is 10.9. The Morgan fingerprint density at radius 3 is 3.08 bits per heavy atom. The maximum atomic E-state index is 10.9. The molecule has 2 aliphatic rings. The summed E-state index contributed by atoms with van der Waals surface area (Å²) >= 11 is 5.69. The molecule has 0 aromatic carbocycles. The smallest absolute Gasteiger partial charge is 0.306 e. The summed E-state index contributed by atoms with van der Waals surface area (Å²) in [7, 11) is 0. The number of ether oxygens (including phenoxy) is 1. The van der Waals surface area contributed by atoms with Crippen molar-refractivity contribution in [1.82, 2.24) is 0 Å². The zero-order valence-electron chi connectivity index (χ0n) is 6.57. The Hall–Kier alpha value is -0.280. The van der Waals surface area contributed by atoms with Crippen LogP contribution < -0.4 is 0 Å². The van der Waals surface area contributed by atoms with Crippen molar-refractivity contribution in [3.8, 4) is 0 Å². The van der Waals surface area contributed by atoms with E-state index in [1.54, 1.807) is 0 Å². The van der Waals surface area contributed by atoms with Gasteiger partial charge in [0.05, 0.1) is 12.5 Å². The fraction of sp³-hybridized carbons (Fsp3) is 0.875. The van der Waals surface area contributed by atoms with Gasteiger partial charge in [-0.1, -0.05) is 0 Å². The van der Waals surface area contributed by atoms with Crippen molar-refractivity contribution in [2.45, 2.75) is 25.0 Å². The quantitative estimate of drug-likeness (QED) is 0.485. The number of carbonyl (C=O) groups excluding carboxylic acids is 1. The Balaban J connectivity index is 2.11. The van der Waals surface area contributed by atoms with Crippen LogP contribution >= 0.6 is 11.6 Å². The molecule has 2 rings (SSSR count). The number of fused-ring (bicyclic) bond motifs is 1. The average molecular weight is 191 g/mol. The fourth-order valence-electron chi connectivity index (χ4n) is 2.19. The van der Waals surface area contributed by atoms with Gasteiger partial charge in [0.15, 0.2) is 0 Å². The SMILES string of the molecule is O=C1CC2C(CC(O)C2CCl)O1. The molecular weight excluding hydrogens is 180 g/mol. The number of alkyl halides is 1. The van der Waals surface area contributed by atoms with E-state index >= 15 is 0 Å². The summed E-state index contributed by atoms with van der Waals surface area (Å²) in [6.45, 7) is 0. The Morgan fingerprint density at radius 1 is 1.67 bits per heavy atom. The number of esters is 1. The predicted molar refractivity (Wildman–Crippen MR) is 42.8 cm³/mol. The fourth-order valence-corrected chi connectivity index (χ4v) is 2.63. The van der Waals surface area contributed by atoms with Crippen molar-refractivity contribution in [2.24, 2.45) is 11.8 Å². The summed E-state index contributed by atoms with van der Waals surface area (Å²) in [5, 5.41) is 9.51. The molecule has 1 saturated heterocycles. The summed E-state index contributed by atoms with van der Waals surface area (Å²) in [6, 6.07) is 0. The lowest BCUT2D eigenvalue weighted by atomic mass is 9.94. The highest BCUT2D eigenvalue weighted by Gasteiger charge is 2.48. The van der Waals surface area contributed by atoms with Crippen molar-refractivity contribution in [3.05, 3.63) is 0 Å². The number of halogens is 1. The molecule has 1 N–H and O–H groups in total. The van der Waals surface area contributed by atoms with E-state index in [2.05, 4.69) is 0 Å². The molecule has 0 bridgehead atoms. The van der Waals surface area contributed by atoms with Crippen LogP contribution in [0.2, 0.25) is 0 Å². The molecule has 0 aromatic rings. The van der Waals surface area contributed by atoms with Crippen LogP contribution in [0.5, 0.6) is 0 Å². The Morgan fingerprint density at radius 2 is 2.42 bits per heavy atom. The second-order valence-corrected chi connectivity index (χ2v) is 3.83. The minimum Gasteiger partial charge on any atom is -0.462 e. The molecule has 4 atom stereocenters. The van der Waals surface area contributed by atoms with E-state index in [-0.39, 0.29) is 30.0 Å². The molecule has 12 heavy (non-hydrogen) atoms. The molecule has 0 radical (unpaired) electrons. The van der Waals surface area contributed by atoms with Gasteiger partial charge in [-0.3, -0.25) is 4.79 Å². The molecule has 1 saturated carbocycles. The van der Waals surface area contributed by atoms with Crippen LogP contribution in [0.4, 0.5) is 0 Å². The van der Waals surface area contributed by atoms with Crippen LogP contribution in [0.25, 0.3) is 0 Å². The van der Waals surface area contributed by atoms with E-state index in [1.165, 1.54) is 0 Å². The molecule has 68 valence electrons. The van der Waals surface area contributed by atoms with Crippen LogP contribution in [-0.2, 0) is 9.53 Å². The predicted octanol–water partition coefficient (Wildman–Crippen LogP) is 0.538. The van der Waals surface area contributed by atoms with Gasteiger partial charge in [-0.2, -0.15) is 0 Å². The third-order valence-electron chi connectivity index (χ3n) is 2.86. The van der Waals surface area contributed by atoms with E-state index in [1.807, 2.05) is 0 Å². The first-order valence-electron chi connectivity index (χ1n) is 4.16. The molecule has 0 aromatic heterocycles. The van der Waals surface area contributed by atoms with Gasteiger partial charge >= 0.3 is 5.97 Å². The largest absolute Gasteiger partial charge is 0.462 e. The number of carbonyl (C=O) groups is 1. The number of aliphatic hydroxyl groups is 1. The summed E-state index contributed by atoms with van der Waals surface area (Å²) in [5.74, 6) is 0.471. The van der Waals surface area contributed by atoms with Crippen LogP contribution in [-0.4, -0.2) is 29.2 Å². The Kier molecular flexibility index (Phi) is 2.00. The number of aliphatic hydroxyl groups excluding tert-OH is 1. The minimum atomic E-state index is -0.384. The van der Waals surface area contributed by atoms with E-state index in [4.69, 9.17) is 16.3 Å². The number of hydrogen-bond acceptors (Lipinski definition) is 3. The second-order valence-electron chi connectivity index (χ2n) is 3.52. The standard InChI is InChI=1S/C8H11ClO3/c9-3-5-4-1-8(11)12-7(4)2-6(5)10/h4-7,10H,1-3H2. The average Bonchev–Trinajstić information content (AvgIpc) is 2.43. The van der Waals surface area contributed by atoms with E-state index in [0.29, 0.717) is 18.7 Å². The van der Waals surface area contributed by atoms with Gasteiger partial charge in [0.25, 0.3) is 0 Å². The molecular formula is C8H11ClO3. The molecule has 1 aliphatic carbocycles. The van der Waals surface area contributed by atoms with Crippen molar-refractivity contribution < 1.29 is 14.6 Å². The lowest BCUT2D eigenvalue weighted by Gasteiger charge is -2.14. The van der Waals surface area contributed by atoms with Crippen molar-refractivity contribution in [2.75, 3.05) is 5.88 Å². The third-order valence-corrected chi connectivity index (χ3v) is 3.22. The Bertz CT molecular complexity index is 206. The highest BCUT2D eigenvalue weighted by atomic mass is 35.5. The lowest BCUT2D eigenvalue weighted by Crippen LogP contribution is -2.21. The maximum Gasteiger partial charge on any atom is 0.306 e. The van der Waals surface area contributed by atoms with Crippen LogP contribution in [0.3, 0.4) is 0 Å². The van der Waals surface area contributed by atoms with Gasteiger partial charge in [-0.05, 0) is 0 Å². The molecule has 3 nitrogen and oxygen atoms in total. The van der Waals surface area contributed by atoms with Crippen molar-refractivity contribution in [3.63, 3.8) is 0 Å². The molecule has 2 fully saturated rings. The van der Waals surface area contributed by atoms with Gasteiger partial charge in [-0.15, -0.1) is 11.6 Å². The van der Waals surface area contributed by atoms with Gasteiger partial charge < -0.3 is 9.84 Å². The van der Waals surface area contributed by atoms with E-state index < -0.39 is 0 Å². The first-order chi connectivity index (χ1) is 5.72. The molecule has 0 amide bonds.